The monoisotopic (exact) mass is 553 g/mol. The molecule has 2 aliphatic heterocycles. The zero-order valence-electron chi connectivity index (χ0n) is 23.3. The van der Waals surface area contributed by atoms with Gasteiger partial charge in [-0.3, -0.25) is 14.5 Å². The van der Waals surface area contributed by atoms with Crippen LogP contribution in [0.4, 0.5) is 0 Å². The van der Waals surface area contributed by atoms with Crippen molar-refractivity contribution in [2.24, 2.45) is 5.92 Å². The van der Waals surface area contributed by atoms with E-state index in [1.54, 1.807) is 0 Å². The molecule has 2 saturated heterocycles. The summed E-state index contributed by atoms with van der Waals surface area (Å²) >= 11 is 0. The fraction of sp³-hybridized carbons (Fsp3) is 0.562. The van der Waals surface area contributed by atoms with Gasteiger partial charge in [0.2, 0.25) is 11.8 Å². The molecule has 1 N–H and O–H groups in total. The van der Waals surface area contributed by atoms with Crippen LogP contribution in [0, 0.1) is 5.92 Å². The molecule has 1 aliphatic carbocycles. The second-order valence-electron chi connectivity index (χ2n) is 11.5. The minimum atomic E-state index is -0.695. The van der Waals surface area contributed by atoms with Gasteiger partial charge in [-0.15, -0.1) is 12.4 Å². The molecule has 1 unspecified atom stereocenters. The minimum absolute atomic E-state index is 0. The molecule has 1 spiro atoms. The summed E-state index contributed by atoms with van der Waals surface area (Å²) < 4.78 is 5.93. The van der Waals surface area contributed by atoms with Crippen molar-refractivity contribution in [3.63, 3.8) is 0 Å². The standard InChI is InChI=1S/C32H43N3O3.ClH/c1-2-3-20-35-30(36)29(23-25-10-6-4-7-11-25)33-31(37)32(35)18-21-34(22-19-32)24-26-14-16-28(17-15-26)38-27-12-8-5-9-13-27;/h5,8-9,12-17,25,29H,2-4,6-7,10-11,18-24H2,1H3,(H,33,37);1H. The predicted octanol–water partition coefficient (Wildman–Crippen LogP) is 6.33. The van der Waals surface area contributed by atoms with Crippen LogP contribution >= 0.6 is 12.4 Å². The molecule has 2 amide bonds. The van der Waals surface area contributed by atoms with E-state index in [2.05, 4.69) is 29.3 Å². The first kappa shape index (κ1) is 29.4. The lowest BCUT2D eigenvalue weighted by molar-refractivity contribution is -0.162. The second kappa shape index (κ2) is 13.7. The summed E-state index contributed by atoms with van der Waals surface area (Å²) in [6, 6.07) is 17.7. The third-order valence-corrected chi connectivity index (χ3v) is 8.83. The fourth-order valence-electron chi connectivity index (χ4n) is 6.56. The Balaban J connectivity index is 0.00000353. The second-order valence-corrected chi connectivity index (χ2v) is 11.5. The number of carbonyl (C=O) groups excluding carboxylic acids is 2. The number of nitrogens with one attached hydrogen (secondary N) is 1. The predicted molar refractivity (Wildman–Crippen MR) is 157 cm³/mol. The molecule has 7 heteroatoms. The van der Waals surface area contributed by atoms with E-state index in [1.165, 1.54) is 37.7 Å². The number of unbranched alkanes of at least 4 members (excludes halogenated alkanes) is 1. The van der Waals surface area contributed by atoms with Crippen LogP contribution < -0.4 is 10.1 Å². The number of piperidine rings is 1. The summed E-state index contributed by atoms with van der Waals surface area (Å²) in [5.41, 5.74) is 0.528. The van der Waals surface area contributed by atoms with Gasteiger partial charge in [0.1, 0.15) is 23.1 Å². The van der Waals surface area contributed by atoms with Crippen LogP contribution in [0.15, 0.2) is 54.6 Å². The van der Waals surface area contributed by atoms with Crippen molar-refractivity contribution in [1.29, 1.82) is 0 Å². The Morgan fingerprint density at radius 2 is 1.59 bits per heavy atom. The Bertz CT molecular complexity index is 1060. The van der Waals surface area contributed by atoms with Gasteiger partial charge in [-0.1, -0.05) is 75.8 Å². The van der Waals surface area contributed by atoms with Gasteiger partial charge >= 0.3 is 0 Å². The molecular formula is C32H44ClN3O3. The summed E-state index contributed by atoms with van der Waals surface area (Å²) in [5.74, 6) is 2.45. The molecule has 0 radical (unpaired) electrons. The highest BCUT2D eigenvalue weighted by Gasteiger charge is 2.53. The average molecular weight is 554 g/mol. The Morgan fingerprint density at radius 3 is 2.26 bits per heavy atom. The van der Waals surface area contributed by atoms with Gasteiger partial charge in [-0.05, 0) is 61.4 Å². The number of rotatable bonds is 9. The molecule has 212 valence electrons. The van der Waals surface area contributed by atoms with Crippen molar-refractivity contribution >= 4 is 24.2 Å². The molecule has 3 aliphatic rings. The van der Waals surface area contributed by atoms with Crippen LogP contribution in [0.3, 0.4) is 0 Å². The first-order chi connectivity index (χ1) is 18.6. The van der Waals surface area contributed by atoms with E-state index in [1.807, 2.05) is 47.4 Å². The zero-order valence-corrected chi connectivity index (χ0v) is 24.1. The van der Waals surface area contributed by atoms with E-state index in [-0.39, 0.29) is 30.3 Å². The van der Waals surface area contributed by atoms with Crippen molar-refractivity contribution in [1.82, 2.24) is 15.1 Å². The normalized spacial score (nSPS) is 21.9. The maximum absolute atomic E-state index is 13.7. The summed E-state index contributed by atoms with van der Waals surface area (Å²) in [6.07, 6.45) is 10.3. The number of amides is 2. The van der Waals surface area contributed by atoms with Gasteiger partial charge in [0.25, 0.3) is 0 Å². The zero-order chi connectivity index (χ0) is 26.4. The van der Waals surface area contributed by atoms with Crippen molar-refractivity contribution < 1.29 is 14.3 Å². The number of halogens is 1. The molecule has 2 aromatic carbocycles. The van der Waals surface area contributed by atoms with Crippen molar-refractivity contribution in [2.45, 2.75) is 89.3 Å². The summed E-state index contributed by atoms with van der Waals surface area (Å²) in [7, 11) is 0. The van der Waals surface area contributed by atoms with Gasteiger partial charge in [0, 0.05) is 26.2 Å². The molecule has 6 nitrogen and oxygen atoms in total. The molecule has 0 bridgehead atoms. The highest BCUT2D eigenvalue weighted by Crippen LogP contribution is 2.36. The third kappa shape index (κ3) is 6.96. The number of benzene rings is 2. The molecule has 2 aromatic rings. The van der Waals surface area contributed by atoms with Gasteiger partial charge in [-0.2, -0.15) is 0 Å². The quantitative estimate of drug-likeness (QED) is 0.394. The summed E-state index contributed by atoms with van der Waals surface area (Å²) in [5, 5.41) is 3.21. The van der Waals surface area contributed by atoms with Crippen LogP contribution in [0.25, 0.3) is 0 Å². The SMILES string of the molecule is CCCCN1C(=O)C(CC2CCCCC2)NC(=O)C12CCN(Cc1ccc(Oc3ccccc3)cc1)CC2.Cl. The summed E-state index contributed by atoms with van der Waals surface area (Å²) in [4.78, 5) is 31.8. The van der Waals surface area contributed by atoms with Gasteiger partial charge in [-0.25, -0.2) is 0 Å². The summed E-state index contributed by atoms with van der Waals surface area (Å²) in [6.45, 7) is 5.28. The van der Waals surface area contributed by atoms with E-state index in [4.69, 9.17) is 4.74 Å². The van der Waals surface area contributed by atoms with E-state index < -0.39 is 5.54 Å². The Labute approximate surface area is 239 Å². The lowest BCUT2D eigenvalue weighted by Gasteiger charge is -2.52. The largest absolute Gasteiger partial charge is 0.457 e. The minimum Gasteiger partial charge on any atom is -0.457 e. The van der Waals surface area contributed by atoms with Crippen LogP contribution in [0.2, 0.25) is 0 Å². The smallest absolute Gasteiger partial charge is 0.246 e. The number of nitrogens with zero attached hydrogens (tertiary/aromatic N) is 2. The molecule has 2 heterocycles. The van der Waals surface area contributed by atoms with E-state index >= 15 is 0 Å². The first-order valence-electron chi connectivity index (χ1n) is 14.7. The Morgan fingerprint density at radius 1 is 0.923 bits per heavy atom. The van der Waals surface area contributed by atoms with Crippen LogP contribution in [-0.4, -0.2) is 52.8 Å². The van der Waals surface area contributed by atoms with Crippen LogP contribution in [-0.2, 0) is 16.1 Å². The van der Waals surface area contributed by atoms with E-state index in [0.717, 1.165) is 50.4 Å². The lowest BCUT2D eigenvalue weighted by Crippen LogP contribution is -2.73. The van der Waals surface area contributed by atoms with Crippen molar-refractivity contribution in [3.05, 3.63) is 60.2 Å². The van der Waals surface area contributed by atoms with Crippen molar-refractivity contribution in [3.8, 4) is 11.5 Å². The number of piperazine rings is 1. The van der Waals surface area contributed by atoms with Crippen molar-refractivity contribution in [2.75, 3.05) is 19.6 Å². The van der Waals surface area contributed by atoms with Gasteiger partial charge in [0.05, 0.1) is 0 Å². The van der Waals surface area contributed by atoms with Gasteiger partial charge in [0.15, 0.2) is 0 Å². The number of ether oxygens (including phenoxy) is 1. The lowest BCUT2D eigenvalue weighted by atomic mass is 9.79. The number of likely N-dealkylation sites (tertiary alicyclic amines) is 1. The van der Waals surface area contributed by atoms with Gasteiger partial charge < -0.3 is 15.0 Å². The van der Waals surface area contributed by atoms with E-state index in [9.17, 15) is 9.59 Å². The highest BCUT2D eigenvalue weighted by molar-refractivity contribution is 6.00. The Kier molecular flexibility index (Phi) is 10.3. The average Bonchev–Trinajstić information content (AvgIpc) is 2.95. The maximum Gasteiger partial charge on any atom is 0.246 e. The number of para-hydroxylation sites is 1. The molecular weight excluding hydrogens is 510 g/mol. The molecule has 39 heavy (non-hydrogen) atoms. The Hall–Kier alpha value is -2.57. The fourth-order valence-corrected chi connectivity index (χ4v) is 6.56. The number of hydrogen-bond acceptors (Lipinski definition) is 4. The molecule has 5 rings (SSSR count). The molecule has 1 saturated carbocycles. The molecule has 0 aromatic heterocycles. The highest BCUT2D eigenvalue weighted by atomic mass is 35.5. The van der Waals surface area contributed by atoms with Crippen LogP contribution in [0.5, 0.6) is 11.5 Å². The molecule has 3 fully saturated rings. The topological polar surface area (TPSA) is 61.9 Å². The molecule has 1 atom stereocenters. The third-order valence-electron chi connectivity index (χ3n) is 8.83. The number of hydrogen-bond donors (Lipinski definition) is 1. The van der Waals surface area contributed by atoms with Crippen LogP contribution in [0.1, 0.15) is 76.7 Å². The van der Waals surface area contributed by atoms with E-state index in [0.29, 0.717) is 25.3 Å². The maximum atomic E-state index is 13.7. The first-order valence-corrected chi connectivity index (χ1v) is 14.7. The number of carbonyl (C=O) groups is 2.